The van der Waals surface area contributed by atoms with E-state index in [0.717, 1.165) is 17.7 Å². The van der Waals surface area contributed by atoms with Crippen molar-refractivity contribution in [1.82, 2.24) is 9.21 Å². The summed E-state index contributed by atoms with van der Waals surface area (Å²) >= 11 is 0. The first-order valence-corrected chi connectivity index (χ1v) is 8.20. The second kappa shape index (κ2) is 4.32. The van der Waals surface area contributed by atoms with Gasteiger partial charge in [0.15, 0.2) is 0 Å². The third-order valence-electron chi connectivity index (χ3n) is 4.48. The number of nitrogens with zero attached hydrogens (tertiary/aromatic N) is 2. The number of carbonyl (C=O) groups excluding carboxylic acids is 1. The molecule has 0 aromatic carbocycles. The Kier molecular flexibility index (Phi) is 3.10. The number of nitrogens with two attached hydrogens (primary N) is 1. The molecule has 6 nitrogen and oxygen atoms in total. The maximum absolute atomic E-state index is 12.3. The molecule has 21 heavy (non-hydrogen) atoms. The van der Waals surface area contributed by atoms with E-state index >= 15 is 0 Å². The van der Waals surface area contributed by atoms with Crippen LogP contribution < -0.4 is 5.14 Å². The minimum Gasteiger partial charge on any atom is -0.334 e. The molecule has 2 N–H and O–H groups in total. The first-order chi connectivity index (χ1) is 9.52. The van der Waals surface area contributed by atoms with Crippen molar-refractivity contribution in [3.63, 3.8) is 0 Å². The third kappa shape index (κ3) is 2.64. The monoisotopic (exact) mass is 327 g/mol. The molecule has 1 spiro atoms. The molecule has 2 saturated carbocycles. The normalized spacial score (nSPS) is 25.9. The molecule has 0 atom stereocenters. The summed E-state index contributed by atoms with van der Waals surface area (Å²) < 4.78 is 61.2. The highest BCUT2D eigenvalue weighted by atomic mass is 32.2. The Morgan fingerprint density at radius 1 is 1.19 bits per heavy atom. The molecule has 120 valence electrons. The summed E-state index contributed by atoms with van der Waals surface area (Å²) in [4.78, 5) is 11.8. The van der Waals surface area contributed by atoms with Gasteiger partial charge in [0.1, 0.15) is 0 Å². The lowest BCUT2D eigenvalue weighted by atomic mass is 9.60. The molecule has 10 heteroatoms. The van der Waals surface area contributed by atoms with Crippen LogP contribution in [0, 0.1) is 5.41 Å². The number of likely N-dealkylation sites (tertiary alicyclic amines) is 1. The Balaban J connectivity index is 1.57. The van der Waals surface area contributed by atoms with Gasteiger partial charge in [0.25, 0.3) is 10.2 Å². The van der Waals surface area contributed by atoms with Crippen LogP contribution >= 0.6 is 0 Å². The number of rotatable bonds is 3. The number of alkyl halides is 3. The van der Waals surface area contributed by atoms with E-state index in [1.807, 2.05) is 0 Å². The lowest BCUT2D eigenvalue weighted by Gasteiger charge is -2.60. The third-order valence-corrected chi connectivity index (χ3v) is 5.66. The molecule has 1 amide bonds. The van der Waals surface area contributed by atoms with Crippen molar-refractivity contribution in [1.29, 1.82) is 0 Å². The standard InChI is InChI=1S/C11H16F3N3O3S/c12-11(13,14)9(18)16-5-10(6-16)3-8(4-10)17(7-1-2-7)21(15,19)20/h7-8H,1-6H2,(H2,15,19,20). The Morgan fingerprint density at radius 2 is 1.71 bits per heavy atom. The average Bonchev–Trinajstić information content (AvgIpc) is 2.98. The van der Waals surface area contributed by atoms with Crippen LogP contribution in [0.4, 0.5) is 13.2 Å². The van der Waals surface area contributed by atoms with E-state index in [0.29, 0.717) is 12.8 Å². The Labute approximate surface area is 120 Å². The lowest BCUT2D eigenvalue weighted by molar-refractivity contribution is -0.203. The highest BCUT2D eigenvalue weighted by Crippen LogP contribution is 2.52. The van der Waals surface area contributed by atoms with Gasteiger partial charge in [-0.3, -0.25) is 4.79 Å². The van der Waals surface area contributed by atoms with Crippen molar-refractivity contribution in [2.75, 3.05) is 13.1 Å². The Bertz CT molecular complexity index is 559. The summed E-state index contributed by atoms with van der Waals surface area (Å²) in [6, 6.07) is -0.300. The molecular weight excluding hydrogens is 311 g/mol. The van der Waals surface area contributed by atoms with Gasteiger partial charge in [-0.2, -0.15) is 25.9 Å². The smallest absolute Gasteiger partial charge is 0.334 e. The molecule has 3 fully saturated rings. The van der Waals surface area contributed by atoms with Gasteiger partial charge in [-0.1, -0.05) is 0 Å². The van der Waals surface area contributed by atoms with E-state index in [4.69, 9.17) is 5.14 Å². The maximum Gasteiger partial charge on any atom is 0.471 e. The van der Waals surface area contributed by atoms with Crippen molar-refractivity contribution in [2.45, 2.75) is 43.9 Å². The van der Waals surface area contributed by atoms with E-state index in [1.54, 1.807) is 0 Å². The zero-order chi connectivity index (χ0) is 15.6. The SMILES string of the molecule is NS(=O)(=O)N(C1CC1)C1CC2(C1)CN(C(=O)C(F)(F)F)C2. The molecule has 0 radical (unpaired) electrons. The zero-order valence-electron chi connectivity index (χ0n) is 11.1. The number of carbonyl (C=O) groups is 1. The minimum atomic E-state index is -4.84. The van der Waals surface area contributed by atoms with E-state index in [9.17, 15) is 26.4 Å². The van der Waals surface area contributed by atoms with Crippen molar-refractivity contribution in [3.8, 4) is 0 Å². The number of hydrogen-bond acceptors (Lipinski definition) is 3. The van der Waals surface area contributed by atoms with E-state index in [2.05, 4.69) is 0 Å². The highest BCUT2D eigenvalue weighted by Gasteiger charge is 2.60. The summed E-state index contributed by atoms with van der Waals surface area (Å²) in [5.74, 6) is -1.82. The molecule has 0 aromatic heterocycles. The summed E-state index contributed by atoms with van der Waals surface area (Å²) in [6.07, 6.45) is -2.34. The van der Waals surface area contributed by atoms with Crippen LogP contribution in [0.1, 0.15) is 25.7 Å². The van der Waals surface area contributed by atoms with Crippen LogP contribution in [0.3, 0.4) is 0 Å². The van der Waals surface area contributed by atoms with Gasteiger partial charge in [-0.15, -0.1) is 0 Å². The molecule has 0 bridgehead atoms. The van der Waals surface area contributed by atoms with Crippen LogP contribution in [0.25, 0.3) is 0 Å². The maximum atomic E-state index is 12.3. The first-order valence-electron chi connectivity index (χ1n) is 6.69. The van der Waals surface area contributed by atoms with Gasteiger partial charge in [0, 0.05) is 30.6 Å². The molecule has 1 saturated heterocycles. The molecule has 1 heterocycles. The predicted octanol–water partition coefficient (Wildman–Crippen LogP) is 0.208. The number of hydrogen-bond donors (Lipinski definition) is 1. The van der Waals surface area contributed by atoms with Gasteiger partial charge < -0.3 is 4.90 Å². The Hall–Kier alpha value is -0.870. The second-order valence-corrected chi connectivity index (χ2v) is 7.78. The van der Waals surface area contributed by atoms with E-state index < -0.39 is 22.3 Å². The second-order valence-electron chi connectivity index (χ2n) is 6.33. The molecule has 3 rings (SSSR count). The number of halogens is 3. The molecule has 2 aliphatic carbocycles. The van der Waals surface area contributed by atoms with Crippen molar-refractivity contribution in [3.05, 3.63) is 0 Å². The average molecular weight is 327 g/mol. The van der Waals surface area contributed by atoms with Crippen LogP contribution in [-0.4, -0.2) is 54.9 Å². The topological polar surface area (TPSA) is 83.7 Å². The van der Waals surface area contributed by atoms with Crippen LogP contribution in [0.15, 0.2) is 0 Å². The fourth-order valence-electron chi connectivity index (χ4n) is 3.51. The largest absolute Gasteiger partial charge is 0.471 e. The fraction of sp³-hybridized carbons (Fsp3) is 0.909. The summed E-state index contributed by atoms with van der Waals surface area (Å²) in [5, 5.41) is 5.20. The zero-order valence-corrected chi connectivity index (χ0v) is 12.0. The number of amides is 1. The Morgan fingerprint density at radius 3 is 2.10 bits per heavy atom. The highest BCUT2D eigenvalue weighted by molar-refractivity contribution is 7.86. The molecule has 0 unspecified atom stereocenters. The van der Waals surface area contributed by atoms with Crippen molar-refractivity contribution in [2.24, 2.45) is 10.6 Å². The summed E-state index contributed by atoms with van der Waals surface area (Å²) in [6.45, 7) is 0.0932. The van der Waals surface area contributed by atoms with Gasteiger partial charge >= 0.3 is 12.1 Å². The summed E-state index contributed by atoms with van der Waals surface area (Å²) in [5.41, 5.74) is -0.358. The molecule has 0 aromatic rings. The van der Waals surface area contributed by atoms with Gasteiger partial charge in [0.2, 0.25) is 0 Å². The summed E-state index contributed by atoms with van der Waals surface area (Å²) in [7, 11) is -3.78. The first kappa shape index (κ1) is 15.0. The molecule has 1 aliphatic heterocycles. The van der Waals surface area contributed by atoms with Gasteiger partial charge in [-0.25, -0.2) is 5.14 Å². The van der Waals surface area contributed by atoms with E-state index in [1.165, 1.54) is 4.31 Å². The minimum absolute atomic E-state index is 0.0466. The van der Waals surface area contributed by atoms with Crippen LogP contribution in [-0.2, 0) is 15.0 Å². The van der Waals surface area contributed by atoms with Crippen LogP contribution in [0.5, 0.6) is 0 Å². The van der Waals surface area contributed by atoms with Gasteiger partial charge in [-0.05, 0) is 25.7 Å². The predicted molar refractivity (Wildman–Crippen MR) is 66.1 cm³/mol. The fourth-order valence-corrected chi connectivity index (χ4v) is 4.70. The van der Waals surface area contributed by atoms with E-state index in [-0.39, 0.29) is 30.6 Å². The van der Waals surface area contributed by atoms with Crippen molar-refractivity contribution >= 4 is 16.1 Å². The van der Waals surface area contributed by atoms with Crippen LogP contribution in [0.2, 0.25) is 0 Å². The van der Waals surface area contributed by atoms with Gasteiger partial charge in [0.05, 0.1) is 0 Å². The lowest BCUT2D eigenvalue weighted by Crippen LogP contribution is -2.69. The quantitative estimate of drug-likeness (QED) is 0.804. The molecule has 3 aliphatic rings. The molecular formula is C11H16F3N3O3S. The van der Waals surface area contributed by atoms with Crippen molar-refractivity contribution < 1.29 is 26.4 Å².